The molecular weight excluding hydrogens is 234 g/mol. The van der Waals surface area contributed by atoms with Crippen LogP contribution in [0.3, 0.4) is 0 Å². The minimum atomic E-state index is 0.367. The maximum absolute atomic E-state index is 5.97. The van der Waals surface area contributed by atoms with Gasteiger partial charge in [0, 0.05) is 12.6 Å². The van der Waals surface area contributed by atoms with Crippen molar-refractivity contribution in [2.24, 2.45) is 5.92 Å². The molecule has 2 nitrogen and oxygen atoms in total. The van der Waals surface area contributed by atoms with Crippen molar-refractivity contribution in [2.45, 2.75) is 52.2 Å². The van der Waals surface area contributed by atoms with E-state index in [9.17, 15) is 0 Å². The average Bonchev–Trinajstić information content (AvgIpc) is 2.83. The van der Waals surface area contributed by atoms with Gasteiger partial charge in [0.1, 0.15) is 0 Å². The molecule has 0 aliphatic carbocycles. The van der Waals surface area contributed by atoms with Crippen LogP contribution in [-0.4, -0.2) is 25.3 Å². The van der Waals surface area contributed by atoms with Gasteiger partial charge in [0.2, 0.25) is 0 Å². The number of rotatable bonds is 6. The normalized spacial score (nSPS) is 24.6. The van der Waals surface area contributed by atoms with Crippen molar-refractivity contribution in [1.29, 1.82) is 0 Å². The summed E-state index contributed by atoms with van der Waals surface area (Å²) in [6, 6.07) is 9.14. The second-order valence-electron chi connectivity index (χ2n) is 5.79. The Hall–Kier alpha value is -0.860. The third-order valence-electron chi connectivity index (χ3n) is 4.20. The average molecular weight is 261 g/mol. The summed E-state index contributed by atoms with van der Waals surface area (Å²) in [5.74, 6) is 0.665. The molecule has 1 heterocycles. The molecule has 19 heavy (non-hydrogen) atoms. The summed E-state index contributed by atoms with van der Waals surface area (Å²) in [6.45, 7) is 8.73. The Kier molecular flexibility index (Phi) is 5.41. The van der Waals surface area contributed by atoms with Gasteiger partial charge < -0.3 is 10.1 Å². The molecule has 1 aliphatic heterocycles. The van der Waals surface area contributed by atoms with E-state index in [2.05, 4.69) is 50.4 Å². The quantitative estimate of drug-likeness (QED) is 0.848. The number of benzene rings is 1. The summed E-state index contributed by atoms with van der Waals surface area (Å²) in [4.78, 5) is 0. The van der Waals surface area contributed by atoms with Crippen LogP contribution in [0.2, 0.25) is 0 Å². The van der Waals surface area contributed by atoms with E-state index in [4.69, 9.17) is 4.74 Å². The first kappa shape index (κ1) is 14.5. The fraction of sp³-hybridized carbons (Fsp3) is 0.647. The van der Waals surface area contributed by atoms with E-state index in [-0.39, 0.29) is 0 Å². The Balaban J connectivity index is 2.07. The van der Waals surface area contributed by atoms with Crippen LogP contribution in [0.4, 0.5) is 0 Å². The minimum Gasteiger partial charge on any atom is -0.376 e. The van der Waals surface area contributed by atoms with E-state index in [0.717, 1.165) is 19.6 Å². The minimum absolute atomic E-state index is 0.367. The molecule has 1 aromatic carbocycles. The largest absolute Gasteiger partial charge is 0.376 e. The van der Waals surface area contributed by atoms with Gasteiger partial charge in [-0.2, -0.15) is 0 Å². The molecule has 0 radical (unpaired) electrons. The molecule has 0 amide bonds. The summed E-state index contributed by atoms with van der Waals surface area (Å²) in [5, 5.41) is 3.69. The Morgan fingerprint density at radius 3 is 2.79 bits per heavy atom. The van der Waals surface area contributed by atoms with E-state index in [1.807, 2.05) is 0 Å². The van der Waals surface area contributed by atoms with Gasteiger partial charge in [-0.1, -0.05) is 38.1 Å². The lowest BCUT2D eigenvalue weighted by Gasteiger charge is -2.28. The van der Waals surface area contributed by atoms with Gasteiger partial charge in [-0.3, -0.25) is 0 Å². The van der Waals surface area contributed by atoms with Crippen molar-refractivity contribution in [3.8, 4) is 0 Å². The first-order chi connectivity index (χ1) is 9.22. The van der Waals surface area contributed by atoms with Gasteiger partial charge >= 0.3 is 0 Å². The van der Waals surface area contributed by atoms with Gasteiger partial charge in [-0.25, -0.2) is 0 Å². The SMILES string of the molecule is CCCNC(Cc1ccccc1C)C1OCCC1C. The van der Waals surface area contributed by atoms with E-state index in [0.29, 0.717) is 18.1 Å². The summed E-state index contributed by atoms with van der Waals surface area (Å²) in [7, 11) is 0. The van der Waals surface area contributed by atoms with Gasteiger partial charge in [0.05, 0.1) is 6.10 Å². The molecule has 1 aromatic rings. The zero-order valence-corrected chi connectivity index (χ0v) is 12.5. The Bertz CT molecular complexity index is 391. The molecular formula is C17H27NO. The highest BCUT2D eigenvalue weighted by atomic mass is 16.5. The highest BCUT2D eigenvalue weighted by Crippen LogP contribution is 2.25. The van der Waals surface area contributed by atoms with Crippen LogP contribution in [0.15, 0.2) is 24.3 Å². The fourth-order valence-corrected chi connectivity index (χ4v) is 2.94. The van der Waals surface area contributed by atoms with Crippen molar-refractivity contribution in [3.05, 3.63) is 35.4 Å². The Morgan fingerprint density at radius 1 is 1.37 bits per heavy atom. The molecule has 0 spiro atoms. The summed E-state index contributed by atoms with van der Waals surface area (Å²) in [6.07, 6.45) is 3.81. The van der Waals surface area contributed by atoms with Crippen molar-refractivity contribution < 1.29 is 4.74 Å². The van der Waals surface area contributed by atoms with Crippen molar-refractivity contribution in [1.82, 2.24) is 5.32 Å². The van der Waals surface area contributed by atoms with Crippen LogP contribution in [0, 0.1) is 12.8 Å². The number of aryl methyl sites for hydroxylation is 1. The number of hydrogen-bond donors (Lipinski definition) is 1. The molecule has 1 saturated heterocycles. The standard InChI is InChI=1S/C17H27NO/c1-4-10-18-16(17-14(3)9-11-19-17)12-15-8-6-5-7-13(15)2/h5-8,14,16-18H,4,9-12H2,1-3H3. The third kappa shape index (κ3) is 3.80. The van der Waals surface area contributed by atoms with E-state index >= 15 is 0 Å². The van der Waals surface area contributed by atoms with Crippen LogP contribution < -0.4 is 5.32 Å². The maximum atomic E-state index is 5.97. The summed E-state index contributed by atoms with van der Waals surface area (Å²) >= 11 is 0. The number of nitrogens with one attached hydrogen (secondary N) is 1. The first-order valence-corrected chi connectivity index (χ1v) is 7.62. The lowest BCUT2D eigenvalue weighted by atomic mass is 9.91. The molecule has 2 rings (SSSR count). The lowest BCUT2D eigenvalue weighted by Crippen LogP contribution is -2.44. The smallest absolute Gasteiger partial charge is 0.0757 e. The molecule has 0 bridgehead atoms. The third-order valence-corrected chi connectivity index (χ3v) is 4.20. The first-order valence-electron chi connectivity index (χ1n) is 7.62. The molecule has 3 unspecified atom stereocenters. The van der Waals surface area contributed by atoms with Crippen molar-refractivity contribution >= 4 is 0 Å². The van der Waals surface area contributed by atoms with Gasteiger partial charge in [-0.15, -0.1) is 0 Å². The van der Waals surface area contributed by atoms with Gasteiger partial charge in [0.25, 0.3) is 0 Å². The fourth-order valence-electron chi connectivity index (χ4n) is 2.94. The second kappa shape index (κ2) is 7.06. The topological polar surface area (TPSA) is 21.3 Å². The summed E-state index contributed by atoms with van der Waals surface area (Å²) in [5.41, 5.74) is 2.83. The highest BCUT2D eigenvalue weighted by molar-refractivity contribution is 5.26. The van der Waals surface area contributed by atoms with E-state index in [1.165, 1.54) is 24.0 Å². The molecule has 0 saturated carbocycles. The van der Waals surface area contributed by atoms with Crippen LogP contribution >= 0.6 is 0 Å². The lowest BCUT2D eigenvalue weighted by molar-refractivity contribution is 0.0610. The monoisotopic (exact) mass is 261 g/mol. The molecule has 2 heteroatoms. The van der Waals surface area contributed by atoms with Crippen LogP contribution in [0.5, 0.6) is 0 Å². The second-order valence-corrected chi connectivity index (χ2v) is 5.79. The van der Waals surface area contributed by atoms with Gasteiger partial charge in [0.15, 0.2) is 0 Å². The molecule has 1 aliphatic rings. The molecule has 1 fully saturated rings. The van der Waals surface area contributed by atoms with Crippen LogP contribution in [0.1, 0.15) is 37.8 Å². The summed E-state index contributed by atoms with van der Waals surface area (Å²) < 4.78 is 5.97. The molecule has 106 valence electrons. The molecule has 1 N–H and O–H groups in total. The zero-order chi connectivity index (χ0) is 13.7. The molecule has 0 aromatic heterocycles. The predicted octanol–water partition coefficient (Wildman–Crippen LogP) is 3.33. The van der Waals surface area contributed by atoms with Crippen molar-refractivity contribution in [3.63, 3.8) is 0 Å². The van der Waals surface area contributed by atoms with E-state index in [1.54, 1.807) is 0 Å². The Labute approximate surface area is 117 Å². The predicted molar refractivity (Wildman–Crippen MR) is 80.5 cm³/mol. The van der Waals surface area contributed by atoms with Crippen molar-refractivity contribution in [2.75, 3.05) is 13.2 Å². The van der Waals surface area contributed by atoms with Crippen LogP contribution in [0.25, 0.3) is 0 Å². The number of hydrogen-bond acceptors (Lipinski definition) is 2. The highest BCUT2D eigenvalue weighted by Gasteiger charge is 2.31. The zero-order valence-electron chi connectivity index (χ0n) is 12.5. The van der Waals surface area contributed by atoms with E-state index < -0.39 is 0 Å². The Morgan fingerprint density at radius 2 is 2.16 bits per heavy atom. The maximum Gasteiger partial charge on any atom is 0.0757 e. The van der Waals surface area contributed by atoms with Crippen LogP contribution in [-0.2, 0) is 11.2 Å². The number of ether oxygens (including phenoxy) is 1. The molecule has 3 atom stereocenters. The van der Waals surface area contributed by atoms with Gasteiger partial charge in [-0.05, 0) is 49.8 Å².